The third-order valence-electron chi connectivity index (χ3n) is 2.29. The molecule has 0 amide bonds. The van der Waals surface area contributed by atoms with Crippen molar-refractivity contribution < 1.29 is 9.90 Å². The van der Waals surface area contributed by atoms with Gasteiger partial charge in [0.25, 0.3) is 0 Å². The van der Waals surface area contributed by atoms with E-state index in [2.05, 4.69) is 22.4 Å². The first-order chi connectivity index (χ1) is 6.18. The summed E-state index contributed by atoms with van der Waals surface area (Å²) in [6.45, 7) is 2.65. The van der Waals surface area contributed by atoms with Gasteiger partial charge in [0.15, 0.2) is 0 Å². The van der Waals surface area contributed by atoms with E-state index in [1.807, 2.05) is 0 Å². The van der Waals surface area contributed by atoms with Gasteiger partial charge in [0, 0.05) is 24.6 Å². The lowest BCUT2D eigenvalue weighted by Gasteiger charge is -2.18. The summed E-state index contributed by atoms with van der Waals surface area (Å²) in [5.41, 5.74) is 1.89. The number of hydrogen-bond acceptors (Lipinski definition) is 3. The SMILES string of the molecule is CC1Cc2n[nH]c(C(=O)O)c2CN1. The smallest absolute Gasteiger partial charge is 0.354 e. The van der Waals surface area contributed by atoms with E-state index in [4.69, 9.17) is 5.11 Å². The van der Waals surface area contributed by atoms with Crippen molar-refractivity contribution in [3.8, 4) is 0 Å². The highest BCUT2D eigenvalue weighted by Crippen LogP contribution is 2.17. The maximum Gasteiger partial charge on any atom is 0.354 e. The third kappa shape index (κ3) is 1.31. The molecule has 3 N–H and O–H groups in total. The van der Waals surface area contributed by atoms with Crippen LogP contribution in [-0.2, 0) is 13.0 Å². The predicted molar refractivity (Wildman–Crippen MR) is 45.6 cm³/mol. The third-order valence-corrected chi connectivity index (χ3v) is 2.29. The molecule has 1 aliphatic heterocycles. The normalized spacial score (nSPS) is 21.2. The molecule has 0 radical (unpaired) electrons. The molecule has 1 atom stereocenters. The van der Waals surface area contributed by atoms with Crippen LogP contribution in [0.25, 0.3) is 0 Å². The van der Waals surface area contributed by atoms with E-state index in [-0.39, 0.29) is 5.69 Å². The van der Waals surface area contributed by atoms with Crippen LogP contribution in [0.15, 0.2) is 0 Å². The molecule has 5 heteroatoms. The van der Waals surface area contributed by atoms with Crippen LogP contribution in [0.2, 0.25) is 0 Å². The van der Waals surface area contributed by atoms with Gasteiger partial charge in [-0.3, -0.25) is 5.10 Å². The Hall–Kier alpha value is -1.36. The number of fused-ring (bicyclic) bond motifs is 1. The summed E-state index contributed by atoms with van der Waals surface area (Å²) in [7, 11) is 0. The van der Waals surface area contributed by atoms with Gasteiger partial charge >= 0.3 is 5.97 Å². The molecule has 0 bridgehead atoms. The summed E-state index contributed by atoms with van der Waals surface area (Å²) in [5, 5.41) is 18.5. The molecule has 13 heavy (non-hydrogen) atoms. The predicted octanol–water partition coefficient (Wildman–Crippen LogP) is 0.142. The average Bonchev–Trinajstić information content (AvgIpc) is 2.46. The molecule has 5 nitrogen and oxygen atoms in total. The Balaban J connectivity index is 2.39. The van der Waals surface area contributed by atoms with Gasteiger partial charge in [0.05, 0.1) is 5.69 Å². The van der Waals surface area contributed by atoms with Crippen molar-refractivity contribution in [1.82, 2.24) is 15.5 Å². The van der Waals surface area contributed by atoms with E-state index in [0.717, 1.165) is 17.7 Å². The number of hydrogen-bond donors (Lipinski definition) is 3. The van der Waals surface area contributed by atoms with Crippen molar-refractivity contribution >= 4 is 5.97 Å². The fraction of sp³-hybridized carbons (Fsp3) is 0.500. The Labute approximate surface area is 75.2 Å². The molecule has 2 rings (SSSR count). The number of carboxylic acid groups (broad SMARTS) is 1. The van der Waals surface area contributed by atoms with Gasteiger partial charge in [-0.05, 0) is 6.92 Å². The lowest BCUT2D eigenvalue weighted by molar-refractivity contribution is 0.0689. The first-order valence-corrected chi connectivity index (χ1v) is 4.21. The van der Waals surface area contributed by atoms with Crippen LogP contribution in [0, 0.1) is 0 Å². The van der Waals surface area contributed by atoms with Crippen molar-refractivity contribution in [3.05, 3.63) is 17.0 Å². The number of nitrogens with one attached hydrogen (secondary N) is 2. The number of H-pyrrole nitrogens is 1. The standard InChI is InChI=1S/C8H11N3O2/c1-4-2-6-5(3-9-4)7(8(12)13)11-10-6/h4,9H,2-3H2,1H3,(H,10,11)(H,12,13). The Kier molecular flexibility index (Phi) is 1.81. The molecule has 1 aliphatic rings. The summed E-state index contributed by atoms with van der Waals surface area (Å²) >= 11 is 0. The van der Waals surface area contributed by atoms with Crippen LogP contribution in [0.1, 0.15) is 28.7 Å². The quantitative estimate of drug-likeness (QED) is 0.576. The highest BCUT2D eigenvalue weighted by atomic mass is 16.4. The number of aromatic amines is 1. The largest absolute Gasteiger partial charge is 0.477 e. The Morgan fingerprint density at radius 3 is 3.15 bits per heavy atom. The maximum absolute atomic E-state index is 10.7. The molecular weight excluding hydrogens is 170 g/mol. The van der Waals surface area contributed by atoms with Crippen LogP contribution in [-0.4, -0.2) is 27.3 Å². The molecule has 2 heterocycles. The number of aromatic nitrogens is 2. The summed E-state index contributed by atoms with van der Waals surface area (Å²) in [4.78, 5) is 10.7. The van der Waals surface area contributed by atoms with E-state index >= 15 is 0 Å². The van der Waals surface area contributed by atoms with Crippen LogP contribution in [0.5, 0.6) is 0 Å². The van der Waals surface area contributed by atoms with Gasteiger partial charge in [-0.15, -0.1) is 0 Å². The van der Waals surface area contributed by atoms with Crippen molar-refractivity contribution in [3.63, 3.8) is 0 Å². The zero-order chi connectivity index (χ0) is 9.42. The highest BCUT2D eigenvalue weighted by Gasteiger charge is 2.23. The monoisotopic (exact) mass is 181 g/mol. The minimum Gasteiger partial charge on any atom is -0.477 e. The van der Waals surface area contributed by atoms with Crippen LogP contribution in [0.3, 0.4) is 0 Å². The molecule has 0 fully saturated rings. The average molecular weight is 181 g/mol. The second kappa shape index (κ2) is 2.85. The second-order valence-corrected chi connectivity index (χ2v) is 3.32. The van der Waals surface area contributed by atoms with Gasteiger partial charge < -0.3 is 10.4 Å². The zero-order valence-corrected chi connectivity index (χ0v) is 7.29. The van der Waals surface area contributed by atoms with Gasteiger partial charge in [-0.25, -0.2) is 4.79 Å². The van der Waals surface area contributed by atoms with E-state index in [1.54, 1.807) is 0 Å². The first-order valence-electron chi connectivity index (χ1n) is 4.21. The lowest BCUT2D eigenvalue weighted by atomic mass is 10.0. The fourth-order valence-electron chi connectivity index (χ4n) is 1.58. The number of carbonyl (C=O) groups is 1. The molecule has 1 aromatic rings. The lowest BCUT2D eigenvalue weighted by Crippen LogP contribution is -2.33. The molecule has 1 unspecified atom stereocenters. The van der Waals surface area contributed by atoms with Crippen molar-refractivity contribution in [2.75, 3.05) is 0 Å². The first kappa shape index (κ1) is 8.25. The molecule has 1 aromatic heterocycles. The topological polar surface area (TPSA) is 78.0 Å². The van der Waals surface area contributed by atoms with Crippen LogP contribution in [0.4, 0.5) is 0 Å². The second-order valence-electron chi connectivity index (χ2n) is 3.32. The van der Waals surface area contributed by atoms with Gasteiger partial charge in [0.2, 0.25) is 0 Å². The maximum atomic E-state index is 10.7. The fourth-order valence-corrected chi connectivity index (χ4v) is 1.58. The van der Waals surface area contributed by atoms with E-state index in [0.29, 0.717) is 12.6 Å². The summed E-state index contributed by atoms with van der Waals surface area (Å²) in [6.07, 6.45) is 0.791. The zero-order valence-electron chi connectivity index (χ0n) is 7.29. The summed E-state index contributed by atoms with van der Waals surface area (Å²) in [5.74, 6) is -0.940. The molecular formula is C8H11N3O2. The number of aromatic carboxylic acids is 1. The van der Waals surface area contributed by atoms with E-state index in [9.17, 15) is 4.79 Å². The summed E-state index contributed by atoms with van der Waals surface area (Å²) in [6, 6.07) is 0.373. The summed E-state index contributed by atoms with van der Waals surface area (Å²) < 4.78 is 0. The van der Waals surface area contributed by atoms with Crippen molar-refractivity contribution in [2.24, 2.45) is 0 Å². The van der Waals surface area contributed by atoms with E-state index in [1.165, 1.54) is 0 Å². The molecule has 0 saturated carbocycles. The van der Waals surface area contributed by atoms with Crippen molar-refractivity contribution in [1.29, 1.82) is 0 Å². The van der Waals surface area contributed by atoms with Crippen LogP contribution < -0.4 is 5.32 Å². The van der Waals surface area contributed by atoms with Crippen molar-refractivity contribution in [2.45, 2.75) is 25.9 Å². The van der Waals surface area contributed by atoms with Gasteiger partial charge in [0.1, 0.15) is 5.69 Å². The van der Waals surface area contributed by atoms with Gasteiger partial charge in [-0.2, -0.15) is 5.10 Å². The number of carboxylic acids is 1. The molecule has 0 saturated heterocycles. The van der Waals surface area contributed by atoms with Crippen LogP contribution >= 0.6 is 0 Å². The Morgan fingerprint density at radius 1 is 1.69 bits per heavy atom. The Bertz CT molecular complexity index is 345. The van der Waals surface area contributed by atoms with E-state index < -0.39 is 5.97 Å². The van der Waals surface area contributed by atoms with Gasteiger partial charge in [-0.1, -0.05) is 0 Å². The Morgan fingerprint density at radius 2 is 2.46 bits per heavy atom. The number of nitrogens with zero attached hydrogens (tertiary/aromatic N) is 1. The molecule has 70 valence electrons. The molecule has 0 aromatic carbocycles. The molecule has 0 spiro atoms. The molecule has 0 aliphatic carbocycles. The number of rotatable bonds is 1. The minimum absolute atomic E-state index is 0.217. The minimum atomic E-state index is -0.940. The highest BCUT2D eigenvalue weighted by molar-refractivity contribution is 5.87.